The first-order chi connectivity index (χ1) is 12.9. The molecule has 2 saturated heterocycles. The molecule has 4 heteroatoms. The number of hydrogen-bond acceptors (Lipinski definition) is 4. The summed E-state index contributed by atoms with van der Waals surface area (Å²) in [6.45, 7) is 4.57. The molecule has 0 amide bonds. The molecule has 1 N–H and O–H groups in total. The van der Waals surface area contributed by atoms with Crippen LogP contribution in [0.25, 0.3) is 0 Å². The number of fused-ring (bicyclic) bond motifs is 3. The maximum Gasteiger partial charge on any atom is 0.0893 e. The average molecular weight is 357 g/mol. The molecule has 142 valence electrons. The fourth-order valence-electron chi connectivity index (χ4n) is 5.68. The van der Waals surface area contributed by atoms with Crippen molar-refractivity contribution in [3.63, 3.8) is 0 Å². The summed E-state index contributed by atoms with van der Waals surface area (Å²) in [5.74, 6) is 1.46. The molecule has 5 rings (SSSR count). The van der Waals surface area contributed by atoms with Gasteiger partial charge in [0.1, 0.15) is 0 Å². The number of benzene rings is 1. The number of nitrogens with one attached hydrogen (secondary N) is 1. The normalized spacial score (nSPS) is 32.5. The number of ether oxygens (including phenoxy) is 2. The van der Waals surface area contributed by atoms with Crippen molar-refractivity contribution in [2.45, 2.75) is 57.1 Å². The largest absolute Gasteiger partial charge is 0.381 e. The second kappa shape index (κ2) is 7.40. The maximum atomic E-state index is 6.39. The van der Waals surface area contributed by atoms with Gasteiger partial charge in [0, 0.05) is 48.6 Å². The van der Waals surface area contributed by atoms with Crippen LogP contribution in [0, 0.1) is 11.8 Å². The van der Waals surface area contributed by atoms with Gasteiger partial charge < -0.3 is 19.7 Å². The molecule has 3 unspecified atom stereocenters. The van der Waals surface area contributed by atoms with Gasteiger partial charge in [-0.05, 0) is 49.8 Å². The standard InChI is InChI=1S/C22H32N2O2/c1-2-5-16(6-3-1)21-18-7-4-12-26-22(18)19-15-17(8-9-20(19)23-21)24-10-13-25-14-11-24/h8-9,15-16,18,21-23H,1-7,10-14H2. The molecule has 0 bridgehead atoms. The summed E-state index contributed by atoms with van der Waals surface area (Å²) in [7, 11) is 0. The van der Waals surface area contributed by atoms with E-state index in [2.05, 4.69) is 28.4 Å². The molecule has 3 aliphatic heterocycles. The summed E-state index contributed by atoms with van der Waals surface area (Å²) in [5, 5.41) is 3.97. The van der Waals surface area contributed by atoms with Crippen molar-refractivity contribution in [2.24, 2.45) is 11.8 Å². The number of nitrogens with zero attached hydrogens (tertiary/aromatic N) is 1. The van der Waals surface area contributed by atoms with Crippen molar-refractivity contribution in [2.75, 3.05) is 43.1 Å². The third-order valence-corrected chi connectivity index (χ3v) is 7.03. The van der Waals surface area contributed by atoms with Crippen LogP contribution in [0.15, 0.2) is 18.2 Å². The molecule has 1 aromatic carbocycles. The zero-order valence-electron chi connectivity index (χ0n) is 15.8. The zero-order valence-corrected chi connectivity index (χ0v) is 15.8. The van der Waals surface area contributed by atoms with E-state index in [9.17, 15) is 0 Å². The lowest BCUT2D eigenvalue weighted by atomic mass is 9.71. The average Bonchev–Trinajstić information content (AvgIpc) is 2.74. The van der Waals surface area contributed by atoms with E-state index in [4.69, 9.17) is 9.47 Å². The molecule has 3 heterocycles. The minimum atomic E-state index is 0.285. The second-order valence-corrected chi connectivity index (χ2v) is 8.54. The Labute approximate surface area is 157 Å². The lowest BCUT2D eigenvalue weighted by molar-refractivity contribution is -0.0457. The van der Waals surface area contributed by atoms with Gasteiger partial charge in [0.25, 0.3) is 0 Å². The molecule has 3 fully saturated rings. The van der Waals surface area contributed by atoms with Crippen LogP contribution in [-0.2, 0) is 9.47 Å². The van der Waals surface area contributed by atoms with Crippen LogP contribution in [0.5, 0.6) is 0 Å². The molecule has 4 aliphatic rings. The molecule has 3 atom stereocenters. The molecule has 1 aromatic rings. The first-order valence-electron chi connectivity index (χ1n) is 10.7. The topological polar surface area (TPSA) is 33.7 Å². The van der Waals surface area contributed by atoms with E-state index in [0.717, 1.165) is 38.8 Å². The summed E-state index contributed by atoms with van der Waals surface area (Å²) < 4.78 is 11.9. The highest BCUT2D eigenvalue weighted by Gasteiger charge is 2.42. The van der Waals surface area contributed by atoms with Crippen molar-refractivity contribution >= 4 is 11.4 Å². The van der Waals surface area contributed by atoms with Crippen LogP contribution >= 0.6 is 0 Å². The molecule has 0 spiro atoms. The van der Waals surface area contributed by atoms with Gasteiger partial charge in [0.15, 0.2) is 0 Å². The lowest BCUT2D eigenvalue weighted by Crippen LogP contribution is -2.46. The molecule has 1 aliphatic carbocycles. The molecule has 0 aromatic heterocycles. The molecular formula is C22H32N2O2. The van der Waals surface area contributed by atoms with Gasteiger partial charge in [-0.15, -0.1) is 0 Å². The van der Waals surface area contributed by atoms with Gasteiger partial charge in [0.05, 0.1) is 19.3 Å². The summed E-state index contributed by atoms with van der Waals surface area (Å²) in [6.07, 6.45) is 9.82. The van der Waals surface area contributed by atoms with E-state index >= 15 is 0 Å². The maximum absolute atomic E-state index is 6.39. The Morgan fingerprint density at radius 1 is 0.923 bits per heavy atom. The van der Waals surface area contributed by atoms with E-state index in [1.54, 1.807) is 0 Å². The van der Waals surface area contributed by atoms with Gasteiger partial charge in [-0.3, -0.25) is 0 Å². The third kappa shape index (κ3) is 3.11. The van der Waals surface area contributed by atoms with Crippen LogP contribution in [0.2, 0.25) is 0 Å². The van der Waals surface area contributed by atoms with E-state index in [-0.39, 0.29) is 6.10 Å². The fourth-order valence-corrected chi connectivity index (χ4v) is 5.68. The summed E-state index contributed by atoms with van der Waals surface area (Å²) >= 11 is 0. The fraction of sp³-hybridized carbons (Fsp3) is 0.727. The molecule has 26 heavy (non-hydrogen) atoms. The quantitative estimate of drug-likeness (QED) is 0.853. The Morgan fingerprint density at radius 3 is 2.62 bits per heavy atom. The van der Waals surface area contributed by atoms with Crippen LogP contribution in [0.4, 0.5) is 11.4 Å². The number of anilines is 2. The van der Waals surface area contributed by atoms with E-state index in [0.29, 0.717) is 12.0 Å². The Kier molecular flexibility index (Phi) is 4.80. The Balaban J connectivity index is 1.45. The van der Waals surface area contributed by atoms with Crippen molar-refractivity contribution in [3.8, 4) is 0 Å². The van der Waals surface area contributed by atoms with Crippen LogP contribution in [0.3, 0.4) is 0 Å². The molecule has 0 radical (unpaired) electrons. The van der Waals surface area contributed by atoms with Gasteiger partial charge >= 0.3 is 0 Å². The van der Waals surface area contributed by atoms with E-state index < -0.39 is 0 Å². The third-order valence-electron chi connectivity index (χ3n) is 7.03. The monoisotopic (exact) mass is 356 g/mol. The summed E-state index contributed by atoms with van der Waals surface area (Å²) in [5.41, 5.74) is 4.05. The molecule has 1 saturated carbocycles. The Hall–Kier alpha value is -1.26. The number of morpholine rings is 1. The summed E-state index contributed by atoms with van der Waals surface area (Å²) in [6, 6.07) is 7.60. The van der Waals surface area contributed by atoms with Crippen molar-refractivity contribution in [1.29, 1.82) is 0 Å². The zero-order chi connectivity index (χ0) is 17.3. The van der Waals surface area contributed by atoms with E-state index in [1.807, 2.05) is 0 Å². The highest BCUT2D eigenvalue weighted by Crippen LogP contribution is 2.48. The second-order valence-electron chi connectivity index (χ2n) is 8.54. The SMILES string of the molecule is c1cc2c(cc1N1CCOCC1)C1OCCCC1C(C1CCCCC1)N2. The first-order valence-corrected chi connectivity index (χ1v) is 10.7. The molecule has 4 nitrogen and oxygen atoms in total. The van der Waals surface area contributed by atoms with Crippen LogP contribution < -0.4 is 10.2 Å². The number of rotatable bonds is 2. The smallest absolute Gasteiger partial charge is 0.0893 e. The molecular weight excluding hydrogens is 324 g/mol. The first kappa shape index (κ1) is 16.9. The van der Waals surface area contributed by atoms with Crippen molar-refractivity contribution in [1.82, 2.24) is 0 Å². The van der Waals surface area contributed by atoms with Gasteiger partial charge in [-0.25, -0.2) is 0 Å². The van der Waals surface area contributed by atoms with E-state index in [1.165, 1.54) is 61.9 Å². The summed E-state index contributed by atoms with van der Waals surface area (Å²) in [4.78, 5) is 2.45. The highest BCUT2D eigenvalue weighted by atomic mass is 16.5. The van der Waals surface area contributed by atoms with Crippen molar-refractivity contribution in [3.05, 3.63) is 23.8 Å². The minimum absolute atomic E-state index is 0.285. The van der Waals surface area contributed by atoms with Crippen molar-refractivity contribution < 1.29 is 9.47 Å². The minimum Gasteiger partial charge on any atom is -0.381 e. The predicted molar refractivity (Wildman–Crippen MR) is 105 cm³/mol. The van der Waals surface area contributed by atoms with Gasteiger partial charge in [-0.1, -0.05) is 19.3 Å². The Morgan fingerprint density at radius 2 is 1.77 bits per heavy atom. The van der Waals surface area contributed by atoms with Crippen LogP contribution in [-0.4, -0.2) is 39.0 Å². The van der Waals surface area contributed by atoms with Gasteiger partial charge in [-0.2, -0.15) is 0 Å². The lowest BCUT2D eigenvalue weighted by Gasteiger charge is -2.47. The Bertz CT molecular complexity index is 623. The predicted octanol–water partition coefficient (Wildman–Crippen LogP) is 4.37. The van der Waals surface area contributed by atoms with Crippen LogP contribution in [0.1, 0.15) is 56.6 Å². The van der Waals surface area contributed by atoms with Gasteiger partial charge in [0.2, 0.25) is 0 Å². The number of hydrogen-bond donors (Lipinski definition) is 1. The highest BCUT2D eigenvalue weighted by molar-refractivity contribution is 5.64.